The molecule has 0 spiro atoms. The van der Waals surface area contributed by atoms with E-state index in [0.29, 0.717) is 23.7 Å². The Labute approximate surface area is 76.5 Å². The number of aryl methyl sites for hydroxylation is 2. The highest BCUT2D eigenvalue weighted by Gasteiger charge is 2.18. The fourth-order valence-corrected chi connectivity index (χ4v) is 1.12. The van der Waals surface area contributed by atoms with E-state index in [-0.39, 0.29) is 0 Å². The lowest BCUT2D eigenvalue weighted by Gasteiger charge is -2.02. The lowest BCUT2D eigenvalue weighted by molar-refractivity contribution is 0.0515. The van der Waals surface area contributed by atoms with Gasteiger partial charge < -0.3 is 10.5 Å². The fourth-order valence-electron chi connectivity index (χ4n) is 1.12. The highest BCUT2D eigenvalue weighted by molar-refractivity contribution is 5.93. The van der Waals surface area contributed by atoms with Gasteiger partial charge in [0.25, 0.3) is 0 Å². The Morgan fingerprint density at radius 1 is 1.69 bits per heavy atom. The minimum Gasteiger partial charge on any atom is -0.461 e. The van der Waals surface area contributed by atoms with Gasteiger partial charge in [-0.3, -0.25) is 4.68 Å². The van der Waals surface area contributed by atoms with E-state index in [1.165, 1.54) is 4.68 Å². The van der Waals surface area contributed by atoms with Crippen molar-refractivity contribution in [3.05, 3.63) is 11.4 Å². The molecule has 0 aromatic carbocycles. The molecule has 0 saturated heterocycles. The van der Waals surface area contributed by atoms with Crippen LogP contribution in [0.2, 0.25) is 0 Å². The van der Waals surface area contributed by atoms with Crippen LogP contribution in [0.25, 0.3) is 0 Å². The molecule has 5 nitrogen and oxygen atoms in total. The minimum atomic E-state index is -0.428. The summed E-state index contributed by atoms with van der Waals surface area (Å²) in [4.78, 5) is 11.3. The smallest absolute Gasteiger partial charge is 0.358 e. The van der Waals surface area contributed by atoms with Gasteiger partial charge >= 0.3 is 5.97 Å². The van der Waals surface area contributed by atoms with Gasteiger partial charge in [0, 0.05) is 7.05 Å². The Hall–Kier alpha value is -1.52. The van der Waals surface area contributed by atoms with Crippen molar-refractivity contribution in [1.82, 2.24) is 9.78 Å². The molecule has 1 heterocycles. The number of nitrogen functional groups attached to an aromatic ring is 1. The summed E-state index contributed by atoms with van der Waals surface area (Å²) >= 11 is 0. The van der Waals surface area contributed by atoms with Crippen LogP contribution < -0.4 is 5.73 Å². The predicted octanol–water partition coefficient (Wildman–Crippen LogP) is 0.487. The SMILES string of the molecule is CCOC(=O)c1c(N)c(C)nn1C. The summed E-state index contributed by atoms with van der Waals surface area (Å²) < 4.78 is 6.26. The molecule has 1 aromatic rings. The van der Waals surface area contributed by atoms with E-state index in [9.17, 15) is 4.79 Å². The maximum atomic E-state index is 11.3. The van der Waals surface area contributed by atoms with E-state index in [2.05, 4.69) is 5.10 Å². The van der Waals surface area contributed by atoms with Crippen molar-refractivity contribution < 1.29 is 9.53 Å². The first-order valence-corrected chi connectivity index (χ1v) is 4.04. The zero-order valence-corrected chi connectivity index (χ0v) is 8.00. The van der Waals surface area contributed by atoms with Crippen LogP contribution in [-0.2, 0) is 11.8 Å². The van der Waals surface area contributed by atoms with Gasteiger partial charge in [0.2, 0.25) is 0 Å². The molecule has 0 unspecified atom stereocenters. The van der Waals surface area contributed by atoms with E-state index in [1.807, 2.05) is 0 Å². The Morgan fingerprint density at radius 3 is 2.69 bits per heavy atom. The van der Waals surface area contributed by atoms with E-state index >= 15 is 0 Å². The van der Waals surface area contributed by atoms with Gasteiger partial charge in [-0.15, -0.1) is 0 Å². The molecule has 2 N–H and O–H groups in total. The molecule has 0 aliphatic heterocycles. The molecule has 5 heteroatoms. The van der Waals surface area contributed by atoms with Crippen molar-refractivity contribution >= 4 is 11.7 Å². The van der Waals surface area contributed by atoms with Gasteiger partial charge in [-0.2, -0.15) is 5.10 Å². The van der Waals surface area contributed by atoms with Crippen molar-refractivity contribution in [2.45, 2.75) is 13.8 Å². The molecule has 0 aliphatic rings. The minimum absolute atomic E-state index is 0.319. The summed E-state index contributed by atoms with van der Waals surface area (Å²) in [5, 5.41) is 4.00. The van der Waals surface area contributed by atoms with Gasteiger partial charge in [-0.1, -0.05) is 0 Å². The van der Waals surface area contributed by atoms with Crippen molar-refractivity contribution in [3.8, 4) is 0 Å². The number of nitrogens with zero attached hydrogens (tertiary/aromatic N) is 2. The molecule has 13 heavy (non-hydrogen) atoms. The second-order valence-electron chi connectivity index (χ2n) is 2.69. The average Bonchev–Trinajstić information content (AvgIpc) is 2.27. The van der Waals surface area contributed by atoms with Crippen LogP contribution >= 0.6 is 0 Å². The third-order valence-corrected chi connectivity index (χ3v) is 1.74. The van der Waals surface area contributed by atoms with Crippen molar-refractivity contribution in [2.75, 3.05) is 12.3 Å². The number of rotatable bonds is 2. The maximum absolute atomic E-state index is 11.3. The van der Waals surface area contributed by atoms with Crippen molar-refractivity contribution in [1.29, 1.82) is 0 Å². The Kier molecular flexibility index (Phi) is 2.55. The number of aromatic nitrogens is 2. The fraction of sp³-hybridized carbons (Fsp3) is 0.500. The summed E-state index contributed by atoms with van der Waals surface area (Å²) in [7, 11) is 1.66. The Morgan fingerprint density at radius 2 is 2.31 bits per heavy atom. The standard InChI is InChI=1S/C8H13N3O2/c1-4-13-8(12)7-6(9)5(2)10-11(7)3/h4,9H2,1-3H3. The van der Waals surface area contributed by atoms with E-state index in [4.69, 9.17) is 10.5 Å². The molecule has 0 saturated carbocycles. The predicted molar refractivity (Wildman–Crippen MR) is 48.3 cm³/mol. The molecule has 0 fully saturated rings. The Bertz CT molecular complexity index is 330. The zero-order valence-electron chi connectivity index (χ0n) is 8.00. The molecule has 0 amide bonds. The van der Waals surface area contributed by atoms with Crippen molar-refractivity contribution in [2.24, 2.45) is 7.05 Å². The number of ether oxygens (including phenoxy) is 1. The van der Waals surface area contributed by atoms with Gasteiger partial charge in [-0.05, 0) is 13.8 Å². The largest absolute Gasteiger partial charge is 0.461 e. The summed E-state index contributed by atoms with van der Waals surface area (Å²) in [6.45, 7) is 3.83. The van der Waals surface area contributed by atoms with Gasteiger partial charge in [0.1, 0.15) is 0 Å². The van der Waals surface area contributed by atoms with Crippen LogP contribution in [0.15, 0.2) is 0 Å². The Balaban J connectivity index is 3.06. The van der Waals surface area contributed by atoms with Gasteiger partial charge in [0.15, 0.2) is 5.69 Å². The van der Waals surface area contributed by atoms with E-state index in [1.54, 1.807) is 20.9 Å². The zero-order chi connectivity index (χ0) is 10.0. The van der Waals surface area contributed by atoms with E-state index < -0.39 is 5.97 Å². The molecule has 1 aromatic heterocycles. The third-order valence-electron chi connectivity index (χ3n) is 1.74. The first-order valence-electron chi connectivity index (χ1n) is 4.04. The first kappa shape index (κ1) is 9.57. The van der Waals surface area contributed by atoms with Crippen LogP contribution in [0.5, 0.6) is 0 Å². The van der Waals surface area contributed by atoms with Crippen LogP contribution in [0.1, 0.15) is 23.1 Å². The normalized spacial score (nSPS) is 10.1. The molecular formula is C8H13N3O2. The number of hydrogen-bond acceptors (Lipinski definition) is 4. The maximum Gasteiger partial charge on any atom is 0.358 e. The van der Waals surface area contributed by atoms with Crippen LogP contribution in [-0.4, -0.2) is 22.4 Å². The third kappa shape index (κ3) is 1.63. The number of carbonyl (C=O) groups excluding carboxylic acids is 1. The number of carbonyl (C=O) groups is 1. The number of nitrogens with two attached hydrogens (primary N) is 1. The first-order chi connectivity index (χ1) is 6.07. The molecule has 0 aliphatic carbocycles. The molecule has 0 radical (unpaired) electrons. The molecule has 1 rings (SSSR count). The second-order valence-corrected chi connectivity index (χ2v) is 2.69. The summed E-state index contributed by atoms with van der Waals surface area (Å²) in [6, 6.07) is 0. The summed E-state index contributed by atoms with van der Waals surface area (Å²) in [6.07, 6.45) is 0. The quantitative estimate of drug-likeness (QED) is 0.677. The summed E-state index contributed by atoms with van der Waals surface area (Å²) in [5.74, 6) is -0.428. The molecule has 72 valence electrons. The lowest BCUT2D eigenvalue weighted by atomic mass is 10.3. The lowest BCUT2D eigenvalue weighted by Crippen LogP contribution is -2.12. The highest BCUT2D eigenvalue weighted by Crippen LogP contribution is 2.15. The topological polar surface area (TPSA) is 70.1 Å². The van der Waals surface area contributed by atoms with E-state index in [0.717, 1.165) is 0 Å². The van der Waals surface area contributed by atoms with Crippen LogP contribution in [0.3, 0.4) is 0 Å². The van der Waals surface area contributed by atoms with Crippen LogP contribution in [0, 0.1) is 6.92 Å². The van der Waals surface area contributed by atoms with Gasteiger partial charge in [-0.25, -0.2) is 4.79 Å². The monoisotopic (exact) mass is 183 g/mol. The molecular weight excluding hydrogens is 170 g/mol. The highest BCUT2D eigenvalue weighted by atomic mass is 16.5. The number of hydrogen-bond donors (Lipinski definition) is 1. The van der Waals surface area contributed by atoms with Crippen LogP contribution in [0.4, 0.5) is 5.69 Å². The molecule has 0 atom stereocenters. The summed E-state index contributed by atoms with van der Waals surface area (Å²) in [5.41, 5.74) is 7.00. The second kappa shape index (κ2) is 3.47. The average molecular weight is 183 g/mol. The van der Waals surface area contributed by atoms with Gasteiger partial charge in [0.05, 0.1) is 18.0 Å². The number of esters is 1. The van der Waals surface area contributed by atoms with Crippen molar-refractivity contribution in [3.63, 3.8) is 0 Å². The molecule has 0 bridgehead atoms. The number of anilines is 1.